The lowest BCUT2D eigenvalue weighted by molar-refractivity contribution is 0.304. The third-order valence-corrected chi connectivity index (χ3v) is 2.58. The highest BCUT2D eigenvalue weighted by Crippen LogP contribution is 2.17. The fraction of sp³-hybridized carbons (Fsp3) is 0.0769. The maximum absolute atomic E-state index is 13.6. The molecule has 18 heavy (non-hydrogen) atoms. The van der Waals surface area contributed by atoms with E-state index in [1.54, 1.807) is 18.5 Å². The number of thiocarbonyl (C=S) groups is 1. The fourth-order valence-corrected chi connectivity index (χ4v) is 1.60. The lowest BCUT2D eigenvalue weighted by Gasteiger charge is -2.07. The van der Waals surface area contributed by atoms with E-state index >= 15 is 0 Å². The zero-order valence-electron chi connectivity index (χ0n) is 9.47. The van der Waals surface area contributed by atoms with E-state index < -0.39 is 5.82 Å². The Morgan fingerprint density at radius 2 is 2.00 bits per heavy atom. The molecule has 0 saturated heterocycles. The van der Waals surface area contributed by atoms with Crippen LogP contribution < -0.4 is 10.5 Å². The molecule has 0 aliphatic rings. The van der Waals surface area contributed by atoms with Gasteiger partial charge in [-0.25, -0.2) is 4.39 Å². The van der Waals surface area contributed by atoms with Gasteiger partial charge in [0.05, 0.1) is 0 Å². The number of pyridine rings is 1. The van der Waals surface area contributed by atoms with Gasteiger partial charge in [0.2, 0.25) is 0 Å². The molecule has 2 N–H and O–H groups in total. The van der Waals surface area contributed by atoms with Crippen molar-refractivity contribution in [1.29, 1.82) is 0 Å². The average molecular weight is 262 g/mol. The first kappa shape index (κ1) is 12.4. The molecule has 1 heterocycles. The van der Waals surface area contributed by atoms with Gasteiger partial charge < -0.3 is 10.5 Å². The topological polar surface area (TPSA) is 48.1 Å². The molecule has 0 radical (unpaired) electrons. The molecule has 2 rings (SSSR count). The van der Waals surface area contributed by atoms with E-state index in [2.05, 4.69) is 4.98 Å². The van der Waals surface area contributed by atoms with Gasteiger partial charge in [-0.15, -0.1) is 0 Å². The van der Waals surface area contributed by atoms with Crippen molar-refractivity contribution in [2.24, 2.45) is 5.73 Å². The van der Waals surface area contributed by atoms with Crippen LogP contribution in [0.2, 0.25) is 0 Å². The van der Waals surface area contributed by atoms with Crippen molar-refractivity contribution in [2.75, 3.05) is 0 Å². The molecule has 92 valence electrons. The van der Waals surface area contributed by atoms with Crippen LogP contribution in [-0.2, 0) is 6.61 Å². The van der Waals surface area contributed by atoms with Crippen molar-refractivity contribution in [3.8, 4) is 5.75 Å². The first-order valence-electron chi connectivity index (χ1n) is 5.28. The quantitative estimate of drug-likeness (QED) is 0.860. The van der Waals surface area contributed by atoms with Gasteiger partial charge in [-0.05, 0) is 29.8 Å². The number of benzene rings is 1. The van der Waals surface area contributed by atoms with Gasteiger partial charge in [-0.1, -0.05) is 12.2 Å². The summed E-state index contributed by atoms with van der Waals surface area (Å²) in [6, 6.07) is 8.09. The van der Waals surface area contributed by atoms with Crippen molar-refractivity contribution < 1.29 is 9.13 Å². The summed E-state index contributed by atoms with van der Waals surface area (Å²) in [7, 11) is 0. The Morgan fingerprint density at radius 3 is 2.61 bits per heavy atom. The second-order valence-corrected chi connectivity index (χ2v) is 4.09. The van der Waals surface area contributed by atoms with Gasteiger partial charge in [-0.3, -0.25) is 4.98 Å². The Morgan fingerprint density at radius 1 is 1.28 bits per heavy atom. The molecular formula is C13H11FN2OS. The SMILES string of the molecule is NC(=S)c1ccc(OCc2ccncc2)cc1F. The largest absolute Gasteiger partial charge is 0.489 e. The van der Waals surface area contributed by atoms with E-state index in [9.17, 15) is 4.39 Å². The Balaban J connectivity index is 2.07. The monoisotopic (exact) mass is 262 g/mol. The minimum atomic E-state index is -0.477. The van der Waals surface area contributed by atoms with Crippen molar-refractivity contribution in [3.05, 3.63) is 59.7 Å². The molecular weight excluding hydrogens is 251 g/mol. The molecule has 2 aromatic rings. The molecule has 0 unspecified atom stereocenters. The summed E-state index contributed by atoms with van der Waals surface area (Å²) >= 11 is 4.72. The van der Waals surface area contributed by atoms with Gasteiger partial charge in [0, 0.05) is 24.0 Å². The standard InChI is InChI=1S/C13H11FN2OS/c14-12-7-10(1-2-11(12)13(15)18)17-8-9-3-5-16-6-4-9/h1-7H,8H2,(H2,15,18). The molecule has 5 heteroatoms. The molecule has 0 aliphatic carbocycles. The number of hydrogen-bond acceptors (Lipinski definition) is 3. The second kappa shape index (κ2) is 5.55. The Labute approximate surface area is 109 Å². The first-order chi connectivity index (χ1) is 8.66. The molecule has 3 nitrogen and oxygen atoms in total. The number of nitrogens with two attached hydrogens (primary N) is 1. The first-order valence-corrected chi connectivity index (χ1v) is 5.68. The van der Waals surface area contributed by atoms with Crippen LogP contribution in [0.4, 0.5) is 4.39 Å². The third kappa shape index (κ3) is 3.01. The Bertz CT molecular complexity index is 560. The van der Waals surface area contributed by atoms with E-state index in [-0.39, 0.29) is 10.6 Å². The number of hydrogen-bond donors (Lipinski definition) is 1. The minimum Gasteiger partial charge on any atom is -0.489 e. The summed E-state index contributed by atoms with van der Waals surface area (Å²) in [6.07, 6.45) is 3.35. The van der Waals surface area contributed by atoms with Crippen LogP contribution in [0.1, 0.15) is 11.1 Å². The third-order valence-electron chi connectivity index (χ3n) is 2.36. The number of rotatable bonds is 4. The van der Waals surface area contributed by atoms with E-state index in [0.717, 1.165) is 5.56 Å². The minimum absolute atomic E-state index is 0.0354. The van der Waals surface area contributed by atoms with Gasteiger partial charge >= 0.3 is 0 Å². The van der Waals surface area contributed by atoms with Gasteiger partial charge in [-0.2, -0.15) is 0 Å². The van der Waals surface area contributed by atoms with Crippen molar-refractivity contribution >= 4 is 17.2 Å². The highest BCUT2D eigenvalue weighted by molar-refractivity contribution is 7.80. The summed E-state index contributed by atoms with van der Waals surface area (Å²) in [5.41, 5.74) is 6.56. The Kier molecular flexibility index (Phi) is 3.84. The van der Waals surface area contributed by atoms with E-state index in [1.165, 1.54) is 12.1 Å². The van der Waals surface area contributed by atoms with Crippen molar-refractivity contribution in [3.63, 3.8) is 0 Å². The molecule has 0 bridgehead atoms. The van der Waals surface area contributed by atoms with Crippen LogP contribution in [0.3, 0.4) is 0 Å². The van der Waals surface area contributed by atoms with Crippen LogP contribution in [-0.4, -0.2) is 9.97 Å². The summed E-state index contributed by atoms with van der Waals surface area (Å²) in [5.74, 6) is -0.0426. The lowest BCUT2D eigenvalue weighted by Crippen LogP contribution is -2.11. The van der Waals surface area contributed by atoms with E-state index in [0.29, 0.717) is 12.4 Å². The maximum Gasteiger partial charge on any atom is 0.137 e. The molecule has 0 saturated carbocycles. The van der Waals surface area contributed by atoms with Crippen LogP contribution in [0.5, 0.6) is 5.75 Å². The normalized spacial score (nSPS) is 10.1. The molecule has 0 spiro atoms. The molecule has 0 atom stereocenters. The fourth-order valence-electron chi connectivity index (χ4n) is 1.43. The van der Waals surface area contributed by atoms with Crippen LogP contribution in [0.15, 0.2) is 42.7 Å². The predicted molar refractivity (Wildman–Crippen MR) is 70.9 cm³/mol. The molecule has 0 amide bonds. The molecule has 0 aliphatic heterocycles. The lowest BCUT2D eigenvalue weighted by atomic mass is 10.2. The highest BCUT2D eigenvalue weighted by Gasteiger charge is 2.06. The van der Waals surface area contributed by atoms with Gasteiger partial charge in [0.15, 0.2) is 0 Å². The second-order valence-electron chi connectivity index (χ2n) is 3.65. The smallest absolute Gasteiger partial charge is 0.137 e. The summed E-state index contributed by atoms with van der Waals surface area (Å²) < 4.78 is 19.0. The number of halogens is 1. The van der Waals surface area contributed by atoms with Crippen molar-refractivity contribution in [1.82, 2.24) is 4.98 Å². The predicted octanol–water partition coefficient (Wildman–Crippen LogP) is 2.43. The Hall–Kier alpha value is -2.01. The van der Waals surface area contributed by atoms with Crippen LogP contribution >= 0.6 is 12.2 Å². The molecule has 1 aromatic heterocycles. The number of nitrogens with zero attached hydrogens (tertiary/aromatic N) is 1. The number of aromatic nitrogens is 1. The summed E-state index contributed by atoms with van der Waals surface area (Å²) in [5, 5.41) is 0. The zero-order chi connectivity index (χ0) is 13.0. The molecule has 0 fully saturated rings. The summed E-state index contributed by atoms with van der Waals surface area (Å²) in [6.45, 7) is 0.356. The van der Waals surface area contributed by atoms with Gasteiger partial charge in [0.25, 0.3) is 0 Å². The maximum atomic E-state index is 13.6. The van der Waals surface area contributed by atoms with Crippen molar-refractivity contribution in [2.45, 2.75) is 6.61 Å². The van der Waals surface area contributed by atoms with Crippen LogP contribution in [0, 0.1) is 5.82 Å². The van der Waals surface area contributed by atoms with E-state index in [1.807, 2.05) is 12.1 Å². The highest BCUT2D eigenvalue weighted by atomic mass is 32.1. The average Bonchev–Trinajstić information content (AvgIpc) is 2.37. The van der Waals surface area contributed by atoms with Crippen LogP contribution in [0.25, 0.3) is 0 Å². The van der Waals surface area contributed by atoms with Gasteiger partial charge in [0.1, 0.15) is 23.2 Å². The zero-order valence-corrected chi connectivity index (χ0v) is 10.3. The summed E-state index contributed by atoms with van der Waals surface area (Å²) in [4.78, 5) is 3.94. The molecule has 1 aromatic carbocycles. The van der Waals surface area contributed by atoms with E-state index in [4.69, 9.17) is 22.7 Å². The number of ether oxygens (including phenoxy) is 1.